The zero-order valence-corrected chi connectivity index (χ0v) is 8.97. The van der Waals surface area contributed by atoms with Crippen molar-refractivity contribution in [1.82, 2.24) is 19.9 Å². The summed E-state index contributed by atoms with van der Waals surface area (Å²) in [4.78, 5) is 2.46. The molecule has 0 saturated carbocycles. The topological polar surface area (TPSA) is 54.2 Å². The van der Waals surface area contributed by atoms with Gasteiger partial charge in [-0.05, 0) is 25.9 Å². The van der Waals surface area contributed by atoms with Crippen LogP contribution in [0.3, 0.4) is 0 Å². The maximum absolute atomic E-state index is 8.84. The smallest absolute Gasteiger partial charge is 0.108 e. The number of likely N-dealkylation sites (tertiary alicyclic amines) is 1. The lowest BCUT2D eigenvalue weighted by molar-refractivity contribution is 0.217. The van der Waals surface area contributed by atoms with E-state index in [2.05, 4.69) is 15.2 Å². The molecule has 1 aromatic rings. The molecule has 0 aromatic carbocycles. The highest BCUT2D eigenvalue weighted by Gasteiger charge is 2.09. The summed E-state index contributed by atoms with van der Waals surface area (Å²) in [7, 11) is 0. The average molecular weight is 210 g/mol. The van der Waals surface area contributed by atoms with Crippen LogP contribution < -0.4 is 0 Å². The number of rotatable bonds is 4. The number of hydrogen-bond acceptors (Lipinski definition) is 4. The number of aliphatic hydroxyl groups is 1. The van der Waals surface area contributed by atoms with Gasteiger partial charge < -0.3 is 10.0 Å². The fraction of sp³-hybridized carbons (Fsp3) is 0.800. The quantitative estimate of drug-likeness (QED) is 0.774. The van der Waals surface area contributed by atoms with Gasteiger partial charge in [-0.1, -0.05) is 11.6 Å². The van der Waals surface area contributed by atoms with Crippen molar-refractivity contribution >= 4 is 0 Å². The Bertz CT molecular complexity index is 293. The Morgan fingerprint density at radius 2 is 2.00 bits per heavy atom. The highest BCUT2D eigenvalue weighted by molar-refractivity contribution is 4.88. The van der Waals surface area contributed by atoms with Crippen LogP contribution in [0, 0.1) is 0 Å². The molecule has 1 N–H and O–H groups in total. The van der Waals surface area contributed by atoms with Crippen molar-refractivity contribution in [2.45, 2.75) is 32.4 Å². The summed E-state index contributed by atoms with van der Waals surface area (Å²) >= 11 is 0. The molecule has 84 valence electrons. The summed E-state index contributed by atoms with van der Waals surface area (Å²) in [6.07, 6.45) is 5.82. The summed E-state index contributed by atoms with van der Waals surface area (Å²) in [5, 5.41) is 16.6. The van der Waals surface area contributed by atoms with E-state index in [-0.39, 0.29) is 6.61 Å². The molecule has 1 saturated heterocycles. The molecular weight excluding hydrogens is 192 g/mol. The Hall–Kier alpha value is -0.940. The minimum atomic E-state index is -0.0241. The molecule has 5 nitrogen and oxygen atoms in total. The van der Waals surface area contributed by atoms with Gasteiger partial charge in [-0.3, -0.25) is 4.68 Å². The number of nitrogens with zero attached hydrogens (tertiary/aromatic N) is 4. The molecule has 15 heavy (non-hydrogen) atoms. The van der Waals surface area contributed by atoms with Crippen molar-refractivity contribution < 1.29 is 5.11 Å². The van der Waals surface area contributed by atoms with Crippen molar-refractivity contribution in [3.05, 3.63) is 11.9 Å². The van der Waals surface area contributed by atoms with E-state index in [1.54, 1.807) is 4.68 Å². The van der Waals surface area contributed by atoms with Gasteiger partial charge in [0.1, 0.15) is 5.69 Å². The maximum atomic E-state index is 8.84. The largest absolute Gasteiger partial charge is 0.390 e. The summed E-state index contributed by atoms with van der Waals surface area (Å²) in [5.41, 5.74) is 0.647. The Labute approximate surface area is 89.7 Å². The molecule has 0 spiro atoms. The van der Waals surface area contributed by atoms with Gasteiger partial charge >= 0.3 is 0 Å². The first-order chi connectivity index (χ1) is 7.38. The lowest BCUT2D eigenvalue weighted by Gasteiger charge is -2.25. The van der Waals surface area contributed by atoms with E-state index in [4.69, 9.17) is 5.11 Å². The van der Waals surface area contributed by atoms with Crippen LogP contribution in [0.25, 0.3) is 0 Å². The van der Waals surface area contributed by atoms with Gasteiger partial charge in [-0.15, -0.1) is 5.10 Å². The monoisotopic (exact) mass is 210 g/mol. The third-order valence-corrected chi connectivity index (χ3v) is 2.84. The third kappa shape index (κ3) is 3.00. The van der Waals surface area contributed by atoms with E-state index in [1.807, 2.05) is 6.20 Å². The van der Waals surface area contributed by atoms with E-state index < -0.39 is 0 Å². The number of piperidine rings is 1. The molecule has 2 heterocycles. The molecule has 0 amide bonds. The molecular formula is C10H18N4O. The molecule has 5 heteroatoms. The van der Waals surface area contributed by atoms with E-state index in [9.17, 15) is 0 Å². The van der Waals surface area contributed by atoms with Gasteiger partial charge in [0.2, 0.25) is 0 Å². The predicted molar refractivity (Wildman–Crippen MR) is 56.2 cm³/mol. The molecule has 0 atom stereocenters. The first-order valence-corrected chi connectivity index (χ1v) is 5.61. The second-order valence-electron chi connectivity index (χ2n) is 4.03. The van der Waals surface area contributed by atoms with Crippen molar-refractivity contribution in [2.24, 2.45) is 0 Å². The average Bonchev–Trinajstić information content (AvgIpc) is 2.76. The molecule has 0 aliphatic carbocycles. The highest BCUT2D eigenvalue weighted by Crippen LogP contribution is 2.08. The van der Waals surface area contributed by atoms with Crippen molar-refractivity contribution in [1.29, 1.82) is 0 Å². The zero-order chi connectivity index (χ0) is 10.5. The minimum absolute atomic E-state index is 0.0241. The molecule has 0 unspecified atom stereocenters. The van der Waals surface area contributed by atoms with E-state index >= 15 is 0 Å². The number of aromatic nitrogens is 3. The van der Waals surface area contributed by atoms with Gasteiger partial charge in [0.15, 0.2) is 0 Å². The lowest BCUT2D eigenvalue weighted by atomic mass is 10.1. The molecule has 0 radical (unpaired) electrons. The minimum Gasteiger partial charge on any atom is -0.390 e. The first-order valence-electron chi connectivity index (χ1n) is 5.61. The number of hydrogen-bond donors (Lipinski definition) is 1. The van der Waals surface area contributed by atoms with Crippen LogP contribution in [-0.4, -0.2) is 44.6 Å². The van der Waals surface area contributed by atoms with Gasteiger partial charge in [0, 0.05) is 6.54 Å². The molecule has 0 bridgehead atoms. The Kier molecular flexibility index (Phi) is 3.69. The Morgan fingerprint density at radius 3 is 2.67 bits per heavy atom. The summed E-state index contributed by atoms with van der Waals surface area (Å²) in [5.74, 6) is 0. The Balaban J connectivity index is 1.76. The van der Waals surface area contributed by atoms with Crippen molar-refractivity contribution in [3.63, 3.8) is 0 Å². The van der Waals surface area contributed by atoms with Crippen LogP contribution >= 0.6 is 0 Å². The first kappa shape index (κ1) is 10.6. The third-order valence-electron chi connectivity index (χ3n) is 2.84. The van der Waals surface area contributed by atoms with Crippen LogP contribution in [0.5, 0.6) is 0 Å². The fourth-order valence-corrected chi connectivity index (χ4v) is 1.95. The summed E-state index contributed by atoms with van der Waals surface area (Å²) < 4.78 is 1.81. The van der Waals surface area contributed by atoms with Crippen LogP contribution in [0.2, 0.25) is 0 Å². The van der Waals surface area contributed by atoms with Gasteiger partial charge in [-0.25, -0.2) is 0 Å². The standard InChI is InChI=1S/C10H18N4O/c15-9-10-8-14(12-11-10)7-6-13-4-2-1-3-5-13/h8,15H,1-7,9H2. The van der Waals surface area contributed by atoms with E-state index in [1.165, 1.54) is 32.4 Å². The lowest BCUT2D eigenvalue weighted by Crippen LogP contribution is -2.32. The van der Waals surface area contributed by atoms with Crippen molar-refractivity contribution in [3.8, 4) is 0 Å². The summed E-state index contributed by atoms with van der Waals surface area (Å²) in [6, 6.07) is 0. The van der Waals surface area contributed by atoms with Crippen LogP contribution in [0.4, 0.5) is 0 Å². The predicted octanol–water partition coefficient (Wildman–Crippen LogP) is 0.256. The second kappa shape index (κ2) is 5.23. The highest BCUT2D eigenvalue weighted by atomic mass is 16.3. The van der Waals surface area contributed by atoms with Crippen LogP contribution in [-0.2, 0) is 13.2 Å². The van der Waals surface area contributed by atoms with Gasteiger partial charge in [0.05, 0.1) is 19.3 Å². The molecule has 1 fully saturated rings. The maximum Gasteiger partial charge on any atom is 0.108 e. The molecule has 1 aliphatic heterocycles. The van der Waals surface area contributed by atoms with Crippen LogP contribution in [0.15, 0.2) is 6.20 Å². The van der Waals surface area contributed by atoms with E-state index in [0.717, 1.165) is 13.1 Å². The van der Waals surface area contributed by atoms with Crippen molar-refractivity contribution in [2.75, 3.05) is 19.6 Å². The van der Waals surface area contributed by atoms with Gasteiger partial charge in [0.25, 0.3) is 0 Å². The molecule has 1 aromatic heterocycles. The molecule has 2 rings (SSSR count). The SMILES string of the molecule is OCc1cn(CCN2CCCCC2)nn1. The van der Waals surface area contributed by atoms with E-state index in [0.29, 0.717) is 5.69 Å². The fourth-order valence-electron chi connectivity index (χ4n) is 1.95. The van der Waals surface area contributed by atoms with Gasteiger partial charge in [-0.2, -0.15) is 0 Å². The second-order valence-corrected chi connectivity index (χ2v) is 4.03. The number of aliphatic hydroxyl groups excluding tert-OH is 1. The Morgan fingerprint density at radius 1 is 1.20 bits per heavy atom. The normalized spacial score (nSPS) is 18.2. The zero-order valence-electron chi connectivity index (χ0n) is 8.97. The summed E-state index contributed by atoms with van der Waals surface area (Å²) in [6.45, 7) is 4.30. The van der Waals surface area contributed by atoms with Crippen LogP contribution in [0.1, 0.15) is 25.0 Å². The molecule has 1 aliphatic rings.